The third-order valence-electron chi connectivity index (χ3n) is 2.99. The fraction of sp³-hybridized carbons (Fsp3) is 0.625. The lowest BCUT2D eigenvalue weighted by Gasteiger charge is -2.08. The van der Waals surface area contributed by atoms with E-state index in [1.54, 1.807) is 0 Å². The minimum Gasteiger partial charge on any atom is -0.383 e. The van der Waals surface area contributed by atoms with Gasteiger partial charge in [-0.1, -0.05) is 38.8 Å². The second-order valence-corrected chi connectivity index (χ2v) is 4.69. The average Bonchev–Trinajstić information content (AvgIpc) is 2.42. The first kappa shape index (κ1) is 15.0. The molecule has 2 nitrogen and oxygen atoms in total. The van der Waals surface area contributed by atoms with Crippen molar-refractivity contribution in [3.05, 3.63) is 29.8 Å². The van der Waals surface area contributed by atoms with Crippen LogP contribution in [0.1, 0.15) is 45.1 Å². The number of unbranched alkanes of at least 4 members (excludes halogenated alkanes) is 2. The summed E-state index contributed by atoms with van der Waals surface area (Å²) in [6.07, 6.45) is 6.09. The summed E-state index contributed by atoms with van der Waals surface area (Å²) < 4.78 is 5.51. The lowest BCUT2D eigenvalue weighted by atomic mass is 10.1. The molecule has 0 atom stereocenters. The first-order valence-corrected chi connectivity index (χ1v) is 7.27. The van der Waals surface area contributed by atoms with E-state index in [2.05, 4.69) is 43.4 Å². The largest absolute Gasteiger partial charge is 0.383 e. The van der Waals surface area contributed by atoms with Crippen molar-refractivity contribution in [1.29, 1.82) is 0 Å². The molecule has 0 aromatic heterocycles. The number of aryl methyl sites for hydroxylation is 1. The molecule has 1 aromatic rings. The van der Waals surface area contributed by atoms with Crippen molar-refractivity contribution in [2.45, 2.75) is 46.0 Å². The Kier molecular flexibility index (Phi) is 8.32. The zero-order chi connectivity index (χ0) is 13.1. The average molecular weight is 249 g/mol. The minimum absolute atomic E-state index is 0.789. The Morgan fingerprint density at radius 3 is 2.33 bits per heavy atom. The van der Waals surface area contributed by atoms with Crippen molar-refractivity contribution in [2.75, 3.05) is 25.1 Å². The number of nitrogens with one attached hydrogen (secondary N) is 1. The predicted octanol–water partition coefficient (Wildman–Crippen LogP) is 4.26. The molecule has 102 valence electrons. The Balaban J connectivity index is 2.14. The van der Waals surface area contributed by atoms with Crippen LogP contribution in [0.25, 0.3) is 0 Å². The monoisotopic (exact) mass is 249 g/mol. The fourth-order valence-electron chi connectivity index (χ4n) is 1.79. The molecule has 0 spiro atoms. The highest BCUT2D eigenvalue weighted by Gasteiger charge is 1.94. The molecular formula is C16H27NO. The highest BCUT2D eigenvalue weighted by Crippen LogP contribution is 2.11. The molecule has 0 radical (unpaired) electrons. The van der Waals surface area contributed by atoms with Crippen molar-refractivity contribution in [3.63, 3.8) is 0 Å². The van der Waals surface area contributed by atoms with Crippen LogP contribution >= 0.6 is 0 Å². The first-order valence-electron chi connectivity index (χ1n) is 7.27. The Labute approximate surface area is 112 Å². The lowest BCUT2D eigenvalue weighted by Crippen LogP contribution is -2.09. The predicted molar refractivity (Wildman–Crippen MR) is 79.3 cm³/mol. The van der Waals surface area contributed by atoms with Gasteiger partial charge in [0, 0.05) is 18.8 Å². The van der Waals surface area contributed by atoms with Crippen LogP contribution in [0.15, 0.2) is 24.3 Å². The van der Waals surface area contributed by atoms with E-state index in [1.807, 2.05) is 0 Å². The van der Waals surface area contributed by atoms with Gasteiger partial charge in [-0.25, -0.2) is 0 Å². The van der Waals surface area contributed by atoms with E-state index in [1.165, 1.54) is 36.9 Å². The van der Waals surface area contributed by atoms with Gasteiger partial charge in [0.1, 0.15) is 0 Å². The van der Waals surface area contributed by atoms with Crippen LogP contribution in [0.5, 0.6) is 0 Å². The quantitative estimate of drug-likeness (QED) is 0.626. The van der Waals surface area contributed by atoms with Crippen LogP contribution in [-0.2, 0) is 11.2 Å². The SMILES string of the molecule is CCCCOCCNc1ccc(CCCC)cc1. The second kappa shape index (κ2) is 9.95. The van der Waals surface area contributed by atoms with Gasteiger partial charge in [0.2, 0.25) is 0 Å². The van der Waals surface area contributed by atoms with Gasteiger partial charge >= 0.3 is 0 Å². The number of anilines is 1. The van der Waals surface area contributed by atoms with Crippen molar-refractivity contribution >= 4 is 5.69 Å². The maximum Gasteiger partial charge on any atom is 0.0639 e. The van der Waals surface area contributed by atoms with Crippen molar-refractivity contribution in [1.82, 2.24) is 0 Å². The van der Waals surface area contributed by atoms with Gasteiger partial charge in [0.15, 0.2) is 0 Å². The smallest absolute Gasteiger partial charge is 0.0639 e. The molecule has 18 heavy (non-hydrogen) atoms. The summed E-state index contributed by atoms with van der Waals surface area (Å²) in [6, 6.07) is 8.76. The Bertz CT molecular complexity index is 294. The molecule has 0 aliphatic heterocycles. The number of hydrogen-bond acceptors (Lipinski definition) is 2. The molecule has 0 saturated carbocycles. The Morgan fingerprint density at radius 2 is 1.67 bits per heavy atom. The van der Waals surface area contributed by atoms with Crippen molar-refractivity contribution in [2.24, 2.45) is 0 Å². The molecule has 0 heterocycles. The third kappa shape index (κ3) is 6.65. The molecule has 0 aliphatic carbocycles. The molecule has 1 aromatic carbocycles. The van der Waals surface area contributed by atoms with E-state index in [-0.39, 0.29) is 0 Å². The minimum atomic E-state index is 0.789. The molecule has 2 heteroatoms. The van der Waals surface area contributed by atoms with Crippen LogP contribution < -0.4 is 5.32 Å². The van der Waals surface area contributed by atoms with Crippen LogP contribution in [0.4, 0.5) is 5.69 Å². The van der Waals surface area contributed by atoms with Crippen molar-refractivity contribution in [3.8, 4) is 0 Å². The molecule has 0 unspecified atom stereocenters. The van der Waals surface area contributed by atoms with Gasteiger partial charge in [-0.2, -0.15) is 0 Å². The van der Waals surface area contributed by atoms with E-state index in [4.69, 9.17) is 4.74 Å². The van der Waals surface area contributed by atoms with Gasteiger partial charge in [-0.3, -0.25) is 0 Å². The van der Waals surface area contributed by atoms with Crippen LogP contribution in [0, 0.1) is 0 Å². The summed E-state index contributed by atoms with van der Waals surface area (Å²) in [6.45, 7) is 6.97. The highest BCUT2D eigenvalue weighted by molar-refractivity contribution is 5.44. The van der Waals surface area contributed by atoms with E-state index in [0.717, 1.165) is 26.2 Å². The van der Waals surface area contributed by atoms with Gasteiger partial charge in [0.05, 0.1) is 6.61 Å². The fourth-order valence-corrected chi connectivity index (χ4v) is 1.79. The highest BCUT2D eigenvalue weighted by atomic mass is 16.5. The number of ether oxygens (including phenoxy) is 1. The molecule has 0 aliphatic rings. The van der Waals surface area contributed by atoms with E-state index in [0.29, 0.717) is 0 Å². The Hall–Kier alpha value is -1.02. The molecule has 0 amide bonds. The van der Waals surface area contributed by atoms with Gasteiger partial charge < -0.3 is 10.1 Å². The van der Waals surface area contributed by atoms with E-state index >= 15 is 0 Å². The topological polar surface area (TPSA) is 21.3 Å². The normalized spacial score (nSPS) is 10.6. The van der Waals surface area contributed by atoms with Crippen LogP contribution in [0.2, 0.25) is 0 Å². The number of rotatable bonds is 10. The van der Waals surface area contributed by atoms with Gasteiger partial charge in [0.25, 0.3) is 0 Å². The number of benzene rings is 1. The molecule has 0 fully saturated rings. The first-order chi connectivity index (χ1) is 8.86. The summed E-state index contributed by atoms with van der Waals surface area (Å²) in [5, 5.41) is 3.38. The second-order valence-electron chi connectivity index (χ2n) is 4.69. The molecule has 1 rings (SSSR count). The van der Waals surface area contributed by atoms with Crippen molar-refractivity contribution < 1.29 is 4.74 Å². The summed E-state index contributed by atoms with van der Waals surface area (Å²) >= 11 is 0. The third-order valence-corrected chi connectivity index (χ3v) is 2.99. The van der Waals surface area contributed by atoms with E-state index < -0.39 is 0 Å². The molecular weight excluding hydrogens is 222 g/mol. The summed E-state index contributed by atoms with van der Waals surface area (Å²) in [4.78, 5) is 0. The zero-order valence-corrected chi connectivity index (χ0v) is 11.9. The Morgan fingerprint density at radius 1 is 0.944 bits per heavy atom. The maximum absolute atomic E-state index is 5.51. The molecule has 1 N–H and O–H groups in total. The molecule has 0 saturated heterocycles. The number of hydrogen-bond donors (Lipinski definition) is 1. The van der Waals surface area contributed by atoms with Gasteiger partial charge in [-0.05, 0) is 37.0 Å². The lowest BCUT2D eigenvalue weighted by molar-refractivity contribution is 0.141. The summed E-state index contributed by atoms with van der Waals surface area (Å²) in [5.41, 5.74) is 2.62. The van der Waals surface area contributed by atoms with Crippen LogP contribution in [0.3, 0.4) is 0 Å². The van der Waals surface area contributed by atoms with Crippen LogP contribution in [-0.4, -0.2) is 19.8 Å². The molecule has 0 bridgehead atoms. The van der Waals surface area contributed by atoms with Gasteiger partial charge in [-0.15, -0.1) is 0 Å². The maximum atomic E-state index is 5.51. The van der Waals surface area contributed by atoms with E-state index in [9.17, 15) is 0 Å². The zero-order valence-electron chi connectivity index (χ0n) is 11.9. The standard InChI is InChI=1S/C16H27NO/c1-3-5-7-15-8-10-16(11-9-15)17-12-14-18-13-6-4-2/h8-11,17H,3-7,12-14H2,1-2H3. The summed E-state index contributed by atoms with van der Waals surface area (Å²) in [7, 11) is 0. The summed E-state index contributed by atoms with van der Waals surface area (Å²) in [5.74, 6) is 0.